The molecule has 0 aromatic carbocycles. The summed E-state index contributed by atoms with van der Waals surface area (Å²) in [6, 6.07) is 3.03. The minimum atomic E-state index is 0.427. The third-order valence-corrected chi connectivity index (χ3v) is 5.41. The highest BCUT2D eigenvalue weighted by Gasteiger charge is 2.25. The zero-order chi connectivity index (χ0) is 14.8. The first-order valence-electron chi connectivity index (χ1n) is 7.91. The molecule has 0 amide bonds. The Bertz CT molecular complexity index is 601. The number of aryl methyl sites for hydroxylation is 3. The van der Waals surface area contributed by atoms with E-state index in [1.54, 1.807) is 0 Å². The smallest absolute Gasteiger partial charge is 0.0928 e. The quantitative estimate of drug-likeness (QED) is 0.891. The van der Waals surface area contributed by atoms with Gasteiger partial charge in [0.15, 0.2) is 0 Å². The normalized spacial score (nSPS) is 19.5. The van der Waals surface area contributed by atoms with E-state index in [1.165, 1.54) is 28.4 Å². The Kier molecular flexibility index (Phi) is 4.40. The number of fused-ring (bicyclic) bond motifs is 1. The van der Waals surface area contributed by atoms with E-state index in [0.717, 1.165) is 30.7 Å². The predicted octanol–water partition coefficient (Wildman–Crippen LogP) is 3.34. The zero-order valence-electron chi connectivity index (χ0n) is 13.1. The summed E-state index contributed by atoms with van der Waals surface area (Å²) in [6.07, 6.45) is 5.63. The number of hydrogen-bond acceptors (Lipinski definition) is 4. The van der Waals surface area contributed by atoms with E-state index in [0.29, 0.717) is 12.1 Å². The molecule has 0 aliphatic heterocycles. The molecule has 4 nitrogen and oxygen atoms in total. The zero-order valence-corrected chi connectivity index (χ0v) is 13.9. The van der Waals surface area contributed by atoms with E-state index in [-0.39, 0.29) is 0 Å². The van der Waals surface area contributed by atoms with Crippen LogP contribution in [0.2, 0.25) is 0 Å². The van der Waals surface area contributed by atoms with Crippen molar-refractivity contribution in [3.8, 4) is 0 Å². The molecule has 2 heterocycles. The predicted molar refractivity (Wildman–Crippen MR) is 86.8 cm³/mol. The lowest BCUT2D eigenvalue weighted by Gasteiger charge is -2.26. The van der Waals surface area contributed by atoms with Gasteiger partial charge in [0.1, 0.15) is 0 Å². The van der Waals surface area contributed by atoms with Crippen molar-refractivity contribution in [2.75, 3.05) is 0 Å². The molecule has 0 spiro atoms. The number of rotatable bonds is 5. The summed E-state index contributed by atoms with van der Waals surface area (Å²) in [7, 11) is 0. The van der Waals surface area contributed by atoms with Crippen LogP contribution < -0.4 is 5.32 Å². The van der Waals surface area contributed by atoms with Crippen LogP contribution in [0, 0.1) is 6.92 Å². The van der Waals surface area contributed by atoms with Crippen molar-refractivity contribution in [1.82, 2.24) is 20.5 Å². The van der Waals surface area contributed by atoms with Gasteiger partial charge in [-0.25, -0.2) is 4.98 Å². The maximum atomic E-state index is 4.78. The molecule has 1 aliphatic rings. The van der Waals surface area contributed by atoms with Crippen molar-refractivity contribution in [1.29, 1.82) is 0 Å². The van der Waals surface area contributed by atoms with Gasteiger partial charge in [-0.3, -0.25) is 5.10 Å². The molecule has 2 aromatic heterocycles. The third-order valence-electron chi connectivity index (χ3n) is 4.06. The van der Waals surface area contributed by atoms with Crippen molar-refractivity contribution in [2.45, 2.75) is 65.0 Å². The van der Waals surface area contributed by atoms with Crippen LogP contribution in [0.3, 0.4) is 0 Å². The fraction of sp³-hybridized carbons (Fsp3) is 0.625. The molecule has 3 rings (SSSR count). The maximum absolute atomic E-state index is 4.78. The summed E-state index contributed by atoms with van der Waals surface area (Å²) in [5.41, 5.74) is 3.61. The maximum Gasteiger partial charge on any atom is 0.0928 e. The largest absolute Gasteiger partial charge is 0.306 e. The molecule has 0 bridgehead atoms. The molecular weight excluding hydrogens is 280 g/mol. The summed E-state index contributed by atoms with van der Waals surface area (Å²) in [5.74, 6) is 0. The Morgan fingerprint density at radius 1 is 1.52 bits per heavy atom. The van der Waals surface area contributed by atoms with Crippen LogP contribution in [0.5, 0.6) is 0 Å². The molecule has 2 atom stereocenters. The Morgan fingerprint density at radius 3 is 3.10 bits per heavy atom. The minimum absolute atomic E-state index is 0.427. The molecule has 21 heavy (non-hydrogen) atoms. The number of nitrogens with zero attached hydrogens (tertiary/aromatic N) is 2. The Balaban J connectivity index is 1.66. The molecular formula is C16H24N4S. The minimum Gasteiger partial charge on any atom is -0.306 e. The molecule has 0 fully saturated rings. The molecule has 1 aliphatic carbocycles. The monoisotopic (exact) mass is 304 g/mol. The van der Waals surface area contributed by atoms with E-state index < -0.39 is 0 Å². The number of hydrogen-bond donors (Lipinski definition) is 2. The molecule has 0 saturated carbocycles. The number of nitrogens with one attached hydrogen (secondary N) is 2. The second-order valence-corrected chi connectivity index (χ2v) is 7.15. The SMILES string of the molecule is CCc1nc2c(s1)[C@@H](N[C@@H](C)Cc1cc(C)[nH]n1)CCC2. The van der Waals surface area contributed by atoms with E-state index >= 15 is 0 Å². The standard InChI is InChI=1S/C16H24N4S/c1-4-15-18-14-7-5-6-13(16(14)21-15)17-10(2)8-12-9-11(3)19-20-12/h9-10,13,17H,4-8H2,1-3H3,(H,19,20)/t10-,13-/m0/s1. The third kappa shape index (κ3) is 3.35. The van der Waals surface area contributed by atoms with E-state index in [1.807, 2.05) is 18.3 Å². The van der Waals surface area contributed by atoms with E-state index in [2.05, 4.69) is 35.4 Å². The van der Waals surface area contributed by atoms with Crippen molar-refractivity contribution >= 4 is 11.3 Å². The van der Waals surface area contributed by atoms with Crippen LogP contribution in [0.25, 0.3) is 0 Å². The Hall–Kier alpha value is -1.20. The highest BCUT2D eigenvalue weighted by Crippen LogP contribution is 2.34. The highest BCUT2D eigenvalue weighted by molar-refractivity contribution is 7.11. The number of thiazole rings is 1. The van der Waals surface area contributed by atoms with Gasteiger partial charge in [0, 0.05) is 29.1 Å². The van der Waals surface area contributed by atoms with Crippen LogP contribution in [-0.4, -0.2) is 21.2 Å². The molecule has 2 aromatic rings. The summed E-state index contributed by atoms with van der Waals surface area (Å²) in [4.78, 5) is 6.25. The Morgan fingerprint density at radius 2 is 2.38 bits per heavy atom. The number of aromatic nitrogens is 3. The van der Waals surface area contributed by atoms with Crippen LogP contribution in [-0.2, 0) is 19.3 Å². The Labute approximate surface area is 130 Å². The molecule has 114 valence electrons. The lowest BCUT2D eigenvalue weighted by molar-refractivity contribution is 0.409. The lowest BCUT2D eigenvalue weighted by atomic mass is 9.97. The first kappa shape index (κ1) is 14.7. The summed E-state index contributed by atoms with van der Waals surface area (Å²) in [6.45, 7) is 6.49. The van der Waals surface area contributed by atoms with Gasteiger partial charge >= 0.3 is 0 Å². The average molecular weight is 304 g/mol. The summed E-state index contributed by atoms with van der Waals surface area (Å²) < 4.78 is 0. The average Bonchev–Trinajstić information content (AvgIpc) is 3.05. The first-order chi connectivity index (χ1) is 10.2. The van der Waals surface area contributed by atoms with Crippen molar-refractivity contribution in [3.05, 3.63) is 33.0 Å². The van der Waals surface area contributed by atoms with Crippen LogP contribution in [0.1, 0.15) is 59.7 Å². The number of aromatic amines is 1. The fourth-order valence-electron chi connectivity index (χ4n) is 3.08. The van der Waals surface area contributed by atoms with Gasteiger partial charge in [0.05, 0.1) is 16.4 Å². The van der Waals surface area contributed by atoms with Crippen molar-refractivity contribution in [2.24, 2.45) is 0 Å². The van der Waals surface area contributed by atoms with Gasteiger partial charge in [0.2, 0.25) is 0 Å². The van der Waals surface area contributed by atoms with E-state index in [9.17, 15) is 0 Å². The van der Waals surface area contributed by atoms with Crippen LogP contribution >= 0.6 is 11.3 Å². The molecule has 2 N–H and O–H groups in total. The van der Waals surface area contributed by atoms with Gasteiger partial charge in [-0.05, 0) is 45.6 Å². The molecule has 0 saturated heterocycles. The molecule has 0 radical (unpaired) electrons. The van der Waals surface area contributed by atoms with Crippen molar-refractivity contribution < 1.29 is 0 Å². The van der Waals surface area contributed by atoms with Gasteiger partial charge in [0.25, 0.3) is 0 Å². The number of H-pyrrole nitrogens is 1. The fourth-order valence-corrected chi connectivity index (χ4v) is 4.22. The molecule has 5 heteroatoms. The van der Waals surface area contributed by atoms with Gasteiger partial charge in [-0.1, -0.05) is 6.92 Å². The van der Waals surface area contributed by atoms with Gasteiger partial charge in [-0.2, -0.15) is 5.10 Å². The second kappa shape index (κ2) is 6.28. The lowest BCUT2D eigenvalue weighted by Crippen LogP contribution is -2.33. The topological polar surface area (TPSA) is 53.6 Å². The van der Waals surface area contributed by atoms with Crippen LogP contribution in [0.15, 0.2) is 6.07 Å². The highest BCUT2D eigenvalue weighted by atomic mass is 32.1. The second-order valence-electron chi connectivity index (χ2n) is 6.03. The van der Waals surface area contributed by atoms with E-state index in [4.69, 9.17) is 4.98 Å². The van der Waals surface area contributed by atoms with Gasteiger partial charge in [-0.15, -0.1) is 11.3 Å². The van der Waals surface area contributed by atoms with Crippen molar-refractivity contribution in [3.63, 3.8) is 0 Å². The molecule has 0 unspecified atom stereocenters. The summed E-state index contributed by atoms with van der Waals surface area (Å²) in [5, 5.41) is 12.4. The first-order valence-corrected chi connectivity index (χ1v) is 8.72. The van der Waals surface area contributed by atoms with Crippen LogP contribution in [0.4, 0.5) is 0 Å². The summed E-state index contributed by atoms with van der Waals surface area (Å²) >= 11 is 1.90. The van der Waals surface area contributed by atoms with Gasteiger partial charge < -0.3 is 5.32 Å².